The SMILES string of the molecule is O=C(NCCOC(=O)n1ncc2ccccc21)OCc1ccccc1. The number of rotatable bonds is 5. The number of nitrogens with zero attached hydrogens (tertiary/aromatic N) is 2. The Morgan fingerprint density at radius 3 is 2.60 bits per heavy atom. The van der Waals surface area contributed by atoms with Crippen molar-refractivity contribution >= 4 is 23.1 Å². The third-order valence-corrected chi connectivity index (χ3v) is 3.46. The Morgan fingerprint density at radius 2 is 1.76 bits per heavy atom. The number of para-hydroxylation sites is 1. The lowest BCUT2D eigenvalue weighted by molar-refractivity contribution is 0.128. The van der Waals surface area contributed by atoms with Gasteiger partial charge in [-0.05, 0) is 11.6 Å². The molecule has 25 heavy (non-hydrogen) atoms. The van der Waals surface area contributed by atoms with Gasteiger partial charge in [0, 0.05) is 5.39 Å². The van der Waals surface area contributed by atoms with E-state index in [0.717, 1.165) is 10.9 Å². The van der Waals surface area contributed by atoms with Gasteiger partial charge < -0.3 is 14.8 Å². The van der Waals surface area contributed by atoms with E-state index >= 15 is 0 Å². The second-order valence-electron chi connectivity index (χ2n) is 5.22. The normalized spacial score (nSPS) is 10.4. The fourth-order valence-corrected chi connectivity index (χ4v) is 2.24. The van der Waals surface area contributed by atoms with Crippen molar-refractivity contribution < 1.29 is 19.1 Å². The van der Waals surface area contributed by atoms with Crippen LogP contribution in [-0.2, 0) is 16.1 Å². The van der Waals surface area contributed by atoms with E-state index in [0.29, 0.717) is 5.52 Å². The van der Waals surface area contributed by atoms with Gasteiger partial charge in [0.2, 0.25) is 0 Å². The molecule has 0 fully saturated rings. The van der Waals surface area contributed by atoms with E-state index in [1.165, 1.54) is 4.68 Å². The Bertz CT molecular complexity index is 861. The van der Waals surface area contributed by atoms with Crippen molar-refractivity contribution in [1.82, 2.24) is 15.1 Å². The Hall–Kier alpha value is -3.35. The molecule has 0 unspecified atom stereocenters. The molecule has 1 heterocycles. The maximum absolute atomic E-state index is 12.0. The van der Waals surface area contributed by atoms with E-state index in [2.05, 4.69) is 10.4 Å². The smallest absolute Gasteiger partial charge is 0.435 e. The van der Waals surface area contributed by atoms with Crippen LogP contribution in [-0.4, -0.2) is 35.1 Å². The Kier molecular flexibility index (Phi) is 5.26. The van der Waals surface area contributed by atoms with Crippen LogP contribution in [0.15, 0.2) is 60.8 Å². The third kappa shape index (κ3) is 4.35. The predicted molar refractivity (Wildman–Crippen MR) is 91.1 cm³/mol. The van der Waals surface area contributed by atoms with E-state index in [1.54, 1.807) is 12.3 Å². The molecule has 0 radical (unpaired) electrons. The maximum Gasteiger partial charge on any atom is 0.435 e. The van der Waals surface area contributed by atoms with Crippen LogP contribution in [0, 0.1) is 0 Å². The highest BCUT2D eigenvalue weighted by molar-refractivity contribution is 5.87. The van der Waals surface area contributed by atoms with Crippen LogP contribution < -0.4 is 5.32 Å². The predicted octanol–water partition coefficient (Wildman–Crippen LogP) is 2.95. The highest BCUT2D eigenvalue weighted by Crippen LogP contribution is 2.12. The Balaban J connectivity index is 1.39. The molecule has 0 atom stereocenters. The minimum atomic E-state index is -0.597. The molecule has 0 saturated carbocycles. The van der Waals surface area contributed by atoms with Gasteiger partial charge in [0.15, 0.2) is 0 Å². The molecule has 0 saturated heterocycles. The van der Waals surface area contributed by atoms with E-state index < -0.39 is 12.2 Å². The van der Waals surface area contributed by atoms with Crippen molar-refractivity contribution in [2.45, 2.75) is 6.61 Å². The third-order valence-electron chi connectivity index (χ3n) is 3.46. The number of nitrogens with one attached hydrogen (secondary N) is 1. The first kappa shape index (κ1) is 16.5. The van der Waals surface area contributed by atoms with Crippen LogP contribution in [0.4, 0.5) is 9.59 Å². The minimum Gasteiger partial charge on any atom is -0.446 e. The first-order chi connectivity index (χ1) is 12.2. The van der Waals surface area contributed by atoms with Crippen molar-refractivity contribution in [2.24, 2.45) is 0 Å². The zero-order valence-electron chi connectivity index (χ0n) is 13.4. The number of benzene rings is 2. The zero-order valence-corrected chi connectivity index (χ0v) is 13.4. The van der Waals surface area contributed by atoms with Crippen LogP contribution in [0.3, 0.4) is 0 Å². The molecule has 7 heteroatoms. The van der Waals surface area contributed by atoms with Gasteiger partial charge in [0.05, 0.1) is 18.3 Å². The highest BCUT2D eigenvalue weighted by atomic mass is 16.6. The van der Waals surface area contributed by atoms with Gasteiger partial charge in [0.25, 0.3) is 0 Å². The molecule has 0 spiro atoms. The lowest BCUT2D eigenvalue weighted by atomic mass is 10.2. The van der Waals surface area contributed by atoms with Gasteiger partial charge >= 0.3 is 12.2 Å². The Labute approximate surface area is 144 Å². The summed E-state index contributed by atoms with van der Waals surface area (Å²) in [6.45, 7) is 0.359. The molecule has 2 aromatic carbocycles. The van der Waals surface area contributed by atoms with Crippen molar-refractivity contribution in [2.75, 3.05) is 13.2 Å². The molecule has 0 aliphatic carbocycles. The highest BCUT2D eigenvalue weighted by Gasteiger charge is 2.11. The number of ether oxygens (including phenoxy) is 2. The minimum absolute atomic E-state index is 0.0213. The lowest BCUT2D eigenvalue weighted by Gasteiger charge is -2.08. The second kappa shape index (κ2) is 7.96. The number of carbonyl (C=O) groups excluding carboxylic acids is 2. The molecule has 0 aliphatic rings. The quantitative estimate of drug-likeness (QED) is 0.723. The average Bonchev–Trinajstić information content (AvgIpc) is 3.08. The number of aromatic nitrogens is 2. The molecule has 1 aromatic heterocycles. The molecular formula is C18H17N3O4. The summed E-state index contributed by atoms with van der Waals surface area (Å²) >= 11 is 0. The largest absolute Gasteiger partial charge is 0.446 e. The fourth-order valence-electron chi connectivity index (χ4n) is 2.24. The Morgan fingerprint density at radius 1 is 1.00 bits per heavy atom. The zero-order chi connectivity index (χ0) is 17.5. The summed E-state index contributed by atoms with van der Waals surface area (Å²) in [5.41, 5.74) is 1.57. The van der Waals surface area contributed by atoms with Crippen molar-refractivity contribution in [1.29, 1.82) is 0 Å². The van der Waals surface area contributed by atoms with Gasteiger partial charge in [-0.15, -0.1) is 0 Å². The van der Waals surface area contributed by atoms with Gasteiger partial charge in [0.1, 0.15) is 13.2 Å². The van der Waals surface area contributed by atoms with Crippen LogP contribution in [0.25, 0.3) is 10.9 Å². The van der Waals surface area contributed by atoms with Crippen LogP contribution >= 0.6 is 0 Å². The molecule has 7 nitrogen and oxygen atoms in total. The standard InChI is InChI=1S/C18H17N3O4/c22-17(25-13-14-6-2-1-3-7-14)19-10-11-24-18(23)21-16-9-5-4-8-15(16)12-20-21/h1-9,12H,10-11,13H2,(H,19,22). The number of fused-ring (bicyclic) bond motifs is 1. The summed E-state index contributed by atoms with van der Waals surface area (Å²) in [7, 11) is 0. The molecule has 0 bridgehead atoms. The summed E-state index contributed by atoms with van der Waals surface area (Å²) in [5, 5.41) is 7.37. The average molecular weight is 339 g/mol. The monoisotopic (exact) mass is 339 g/mol. The lowest BCUT2D eigenvalue weighted by Crippen LogP contribution is -2.29. The first-order valence-electron chi connectivity index (χ1n) is 7.78. The number of hydrogen-bond acceptors (Lipinski definition) is 5. The molecule has 3 aromatic rings. The molecule has 1 amide bonds. The van der Waals surface area contributed by atoms with Crippen molar-refractivity contribution in [3.8, 4) is 0 Å². The van der Waals surface area contributed by atoms with Crippen LogP contribution in [0.1, 0.15) is 5.56 Å². The summed E-state index contributed by atoms with van der Waals surface area (Å²) in [6, 6.07) is 16.7. The second-order valence-corrected chi connectivity index (χ2v) is 5.22. The van der Waals surface area contributed by atoms with Gasteiger partial charge in [-0.25, -0.2) is 9.59 Å². The van der Waals surface area contributed by atoms with Gasteiger partial charge in [-0.1, -0.05) is 48.5 Å². The molecule has 1 N–H and O–H groups in total. The maximum atomic E-state index is 12.0. The summed E-state index contributed by atoms with van der Waals surface area (Å²) in [6.07, 6.45) is 0.431. The van der Waals surface area contributed by atoms with Gasteiger partial charge in [-0.2, -0.15) is 9.78 Å². The fraction of sp³-hybridized carbons (Fsp3) is 0.167. The number of amides is 1. The topological polar surface area (TPSA) is 82.5 Å². The van der Waals surface area contributed by atoms with Crippen LogP contribution in [0.5, 0.6) is 0 Å². The molecular weight excluding hydrogens is 322 g/mol. The molecule has 128 valence electrons. The van der Waals surface area contributed by atoms with Crippen molar-refractivity contribution in [3.05, 3.63) is 66.4 Å². The number of alkyl carbamates (subject to hydrolysis) is 1. The number of hydrogen-bond donors (Lipinski definition) is 1. The number of carbonyl (C=O) groups is 2. The summed E-state index contributed by atoms with van der Waals surface area (Å²) in [4.78, 5) is 23.6. The summed E-state index contributed by atoms with van der Waals surface area (Å²) < 4.78 is 11.3. The van der Waals surface area contributed by atoms with E-state index in [9.17, 15) is 9.59 Å². The van der Waals surface area contributed by atoms with E-state index in [-0.39, 0.29) is 19.8 Å². The van der Waals surface area contributed by atoms with Gasteiger partial charge in [-0.3, -0.25) is 0 Å². The van der Waals surface area contributed by atoms with E-state index in [1.807, 2.05) is 48.5 Å². The van der Waals surface area contributed by atoms with Crippen molar-refractivity contribution in [3.63, 3.8) is 0 Å². The molecule has 3 rings (SSSR count). The first-order valence-corrected chi connectivity index (χ1v) is 7.78. The van der Waals surface area contributed by atoms with Crippen LogP contribution in [0.2, 0.25) is 0 Å². The molecule has 0 aliphatic heterocycles. The van der Waals surface area contributed by atoms with E-state index in [4.69, 9.17) is 9.47 Å². The summed E-state index contributed by atoms with van der Waals surface area (Å²) in [5.74, 6) is 0.